The van der Waals surface area contributed by atoms with Crippen molar-refractivity contribution in [3.8, 4) is 34.0 Å². The van der Waals surface area contributed by atoms with Gasteiger partial charge in [0.2, 0.25) is 0 Å². The molecule has 170 valence electrons. The molecule has 6 nitrogen and oxygen atoms in total. The van der Waals surface area contributed by atoms with Crippen LogP contribution in [0, 0.1) is 5.82 Å². The van der Waals surface area contributed by atoms with Gasteiger partial charge >= 0.3 is 0 Å². The summed E-state index contributed by atoms with van der Waals surface area (Å²) < 4.78 is 26.0. The number of ether oxygens (including phenoxy) is 2. The number of nitrogens with one attached hydrogen (secondary N) is 1. The average Bonchev–Trinajstić information content (AvgIpc) is 3.32. The maximum atomic E-state index is 13.4. The van der Waals surface area contributed by atoms with E-state index in [0.717, 1.165) is 39.7 Å². The third kappa shape index (κ3) is 4.28. The van der Waals surface area contributed by atoms with E-state index < -0.39 is 0 Å². The molecule has 0 saturated carbocycles. The van der Waals surface area contributed by atoms with Gasteiger partial charge in [0.05, 0.1) is 25.6 Å². The van der Waals surface area contributed by atoms with Gasteiger partial charge in [-0.15, -0.1) is 0 Å². The number of methoxy groups -OCH3 is 2. The van der Waals surface area contributed by atoms with Crippen molar-refractivity contribution in [2.75, 3.05) is 19.5 Å². The molecule has 7 heteroatoms. The zero-order valence-electron chi connectivity index (χ0n) is 18.8. The Morgan fingerprint density at radius 2 is 1.59 bits per heavy atom. The Morgan fingerprint density at radius 1 is 0.824 bits per heavy atom. The molecular formula is C27H23FN4O2. The lowest BCUT2D eigenvalue weighted by molar-refractivity contribution is 0.391. The molecule has 0 aliphatic heterocycles. The number of anilines is 1. The predicted molar refractivity (Wildman–Crippen MR) is 131 cm³/mol. The number of halogens is 1. The first-order chi connectivity index (χ1) is 16.6. The molecule has 0 fully saturated rings. The van der Waals surface area contributed by atoms with Gasteiger partial charge in [-0.1, -0.05) is 30.3 Å². The second-order valence-corrected chi connectivity index (χ2v) is 7.73. The van der Waals surface area contributed by atoms with Crippen molar-refractivity contribution in [3.05, 3.63) is 96.3 Å². The SMILES string of the molecule is COc1ccc(CNc2cc(-c3ccccc3)nc3cc(-c4ccc(F)cc4)nn23)c(OC)c1. The van der Waals surface area contributed by atoms with Crippen LogP contribution in [0.2, 0.25) is 0 Å². The van der Waals surface area contributed by atoms with Gasteiger partial charge in [-0.25, -0.2) is 9.37 Å². The normalized spacial score (nSPS) is 10.9. The van der Waals surface area contributed by atoms with E-state index in [9.17, 15) is 4.39 Å². The molecule has 3 aromatic carbocycles. The molecule has 2 heterocycles. The number of benzene rings is 3. The number of nitrogens with zero attached hydrogens (tertiary/aromatic N) is 3. The molecule has 2 aromatic heterocycles. The van der Waals surface area contributed by atoms with Crippen molar-refractivity contribution in [1.82, 2.24) is 14.6 Å². The minimum absolute atomic E-state index is 0.284. The zero-order chi connectivity index (χ0) is 23.5. The van der Waals surface area contributed by atoms with Gasteiger partial charge in [-0.3, -0.25) is 0 Å². The van der Waals surface area contributed by atoms with Gasteiger partial charge in [-0.05, 0) is 36.4 Å². The van der Waals surface area contributed by atoms with E-state index in [4.69, 9.17) is 19.6 Å². The van der Waals surface area contributed by atoms with E-state index in [-0.39, 0.29) is 5.82 Å². The summed E-state index contributed by atoms with van der Waals surface area (Å²) in [5, 5.41) is 8.23. The van der Waals surface area contributed by atoms with Gasteiger partial charge in [0, 0.05) is 41.4 Å². The molecule has 5 aromatic rings. The van der Waals surface area contributed by atoms with Crippen LogP contribution in [-0.2, 0) is 6.54 Å². The molecule has 1 N–H and O–H groups in total. The van der Waals surface area contributed by atoms with Crippen LogP contribution in [0.25, 0.3) is 28.2 Å². The first kappa shape index (κ1) is 21.5. The van der Waals surface area contributed by atoms with E-state index in [1.165, 1.54) is 12.1 Å². The van der Waals surface area contributed by atoms with E-state index >= 15 is 0 Å². The summed E-state index contributed by atoms with van der Waals surface area (Å²) >= 11 is 0. The number of fused-ring (bicyclic) bond motifs is 1. The van der Waals surface area contributed by atoms with Crippen LogP contribution < -0.4 is 14.8 Å². The monoisotopic (exact) mass is 454 g/mol. The average molecular weight is 455 g/mol. The van der Waals surface area contributed by atoms with E-state index in [1.54, 1.807) is 30.9 Å². The van der Waals surface area contributed by atoms with Gasteiger partial charge in [0.25, 0.3) is 0 Å². The molecule has 0 atom stereocenters. The summed E-state index contributed by atoms with van der Waals surface area (Å²) in [7, 11) is 3.26. The Kier molecular flexibility index (Phi) is 5.82. The summed E-state index contributed by atoms with van der Waals surface area (Å²) in [6.07, 6.45) is 0. The highest BCUT2D eigenvalue weighted by molar-refractivity contribution is 5.70. The Balaban J connectivity index is 1.56. The highest BCUT2D eigenvalue weighted by Crippen LogP contribution is 2.28. The lowest BCUT2D eigenvalue weighted by atomic mass is 10.1. The van der Waals surface area contributed by atoms with Crippen LogP contribution in [0.3, 0.4) is 0 Å². The van der Waals surface area contributed by atoms with E-state index in [1.807, 2.05) is 60.7 Å². The molecule has 0 aliphatic carbocycles. The maximum Gasteiger partial charge on any atom is 0.158 e. The molecule has 5 rings (SSSR count). The minimum atomic E-state index is -0.284. The summed E-state index contributed by atoms with van der Waals surface area (Å²) in [4.78, 5) is 4.83. The van der Waals surface area contributed by atoms with E-state index in [0.29, 0.717) is 17.9 Å². The quantitative estimate of drug-likeness (QED) is 0.335. The molecule has 0 unspecified atom stereocenters. The Morgan fingerprint density at radius 3 is 2.32 bits per heavy atom. The van der Waals surface area contributed by atoms with Crippen molar-refractivity contribution in [2.24, 2.45) is 0 Å². The smallest absolute Gasteiger partial charge is 0.158 e. The van der Waals surface area contributed by atoms with Crippen LogP contribution in [0.4, 0.5) is 10.2 Å². The Labute approximate surface area is 196 Å². The fourth-order valence-corrected chi connectivity index (χ4v) is 3.80. The standard InChI is InChI=1S/C27H23FN4O2/c1-33-22-13-10-20(25(14-22)34-2)17-29-26-15-23(18-6-4-3-5-7-18)30-27-16-24(31-32(26)27)19-8-11-21(28)12-9-19/h3-16,29H,17H2,1-2H3. The molecule has 34 heavy (non-hydrogen) atoms. The molecule has 0 saturated heterocycles. The summed E-state index contributed by atoms with van der Waals surface area (Å²) in [6, 6.07) is 25.9. The third-order valence-corrected chi connectivity index (χ3v) is 5.59. The first-order valence-corrected chi connectivity index (χ1v) is 10.8. The molecular weight excluding hydrogens is 431 g/mol. The second-order valence-electron chi connectivity index (χ2n) is 7.73. The third-order valence-electron chi connectivity index (χ3n) is 5.59. The molecule has 0 aliphatic rings. The highest BCUT2D eigenvalue weighted by atomic mass is 19.1. The number of hydrogen-bond donors (Lipinski definition) is 1. The zero-order valence-corrected chi connectivity index (χ0v) is 18.8. The number of hydrogen-bond acceptors (Lipinski definition) is 5. The maximum absolute atomic E-state index is 13.4. The van der Waals surface area contributed by atoms with Crippen LogP contribution >= 0.6 is 0 Å². The van der Waals surface area contributed by atoms with E-state index in [2.05, 4.69) is 5.32 Å². The van der Waals surface area contributed by atoms with Crippen molar-refractivity contribution in [1.29, 1.82) is 0 Å². The summed E-state index contributed by atoms with van der Waals surface area (Å²) in [6.45, 7) is 0.506. The first-order valence-electron chi connectivity index (χ1n) is 10.8. The van der Waals surface area contributed by atoms with Crippen LogP contribution in [0.1, 0.15) is 5.56 Å². The van der Waals surface area contributed by atoms with Crippen LogP contribution in [0.15, 0.2) is 84.9 Å². The lowest BCUT2D eigenvalue weighted by Crippen LogP contribution is -2.08. The number of aromatic nitrogens is 3. The van der Waals surface area contributed by atoms with Crippen molar-refractivity contribution in [2.45, 2.75) is 6.54 Å². The van der Waals surface area contributed by atoms with Gasteiger partial charge in [0.15, 0.2) is 5.65 Å². The van der Waals surface area contributed by atoms with Gasteiger partial charge in [0.1, 0.15) is 23.1 Å². The fourth-order valence-electron chi connectivity index (χ4n) is 3.80. The predicted octanol–water partition coefficient (Wildman–Crippen LogP) is 5.83. The minimum Gasteiger partial charge on any atom is -0.497 e. The topological polar surface area (TPSA) is 60.7 Å². The van der Waals surface area contributed by atoms with Gasteiger partial charge < -0.3 is 14.8 Å². The molecule has 0 spiro atoms. The van der Waals surface area contributed by atoms with Crippen molar-refractivity contribution >= 4 is 11.5 Å². The van der Waals surface area contributed by atoms with Crippen LogP contribution in [-0.4, -0.2) is 28.8 Å². The molecule has 0 bridgehead atoms. The largest absolute Gasteiger partial charge is 0.497 e. The lowest BCUT2D eigenvalue weighted by Gasteiger charge is -2.14. The summed E-state index contributed by atoms with van der Waals surface area (Å²) in [5.74, 6) is 1.95. The Bertz CT molecular complexity index is 1430. The fraction of sp³-hybridized carbons (Fsp3) is 0.111. The van der Waals surface area contributed by atoms with Crippen molar-refractivity contribution < 1.29 is 13.9 Å². The number of rotatable bonds is 7. The molecule has 0 radical (unpaired) electrons. The van der Waals surface area contributed by atoms with Crippen molar-refractivity contribution in [3.63, 3.8) is 0 Å². The second kappa shape index (κ2) is 9.23. The van der Waals surface area contributed by atoms with Crippen LogP contribution in [0.5, 0.6) is 11.5 Å². The summed E-state index contributed by atoms with van der Waals surface area (Å²) in [5.41, 5.74) is 5.01. The highest BCUT2D eigenvalue weighted by Gasteiger charge is 2.13. The molecule has 0 amide bonds. The van der Waals surface area contributed by atoms with Gasteiger partial charge in [-0.2, -0.15) is 9.61 Å². The Hall–Kier alpha value is -4.39.